The fourth-order valence-electron chi connectivity index (χ4n) is 2.19. The Balaban J connectivity index is 2.77. The highest BCUT2D eigenvalue weighted by Crippen LogP contribution is 2.30. The second kappa shape index (κ2) is 4.18. The minimum atomic E-state index is 0.0516. The van der Waals surface area contributed by atoms with Crippen molar-refractivity contribution in [3.63, 3.8) is 0 Å². The maximum absolute atomic E-state index is 9.37. The number of hydrogen-bond acceptors (Lipinski definition) is 2. The van der Waals surface area contributed by atoms with E-state index in [1.165, 1.54) is 0 Å². The Bertz CT molecular complexity index is 500. The van der Waals surface area contributed by atoms with Gasteiger partial charge in [0.05, 0.1) is 19.2 Å². The molecule has 0 aliphatic carbocycles. The van der Waals surface area contributed by atoms with Gasteiger partial charge in [-0.25, -0.2) is 0 Å². The molecule has 0 atom stereocenters. The minimum Gasteiger partial charge on any atom is -0.496 e. The molecule has 16 heavy (non-hydrogen) atoms. The van der Waals surface area contributed by atoms with Crippen LogP contribution in [0.3, 0.4) is 0 Å². The molecule has 0 aliphatic heterocycles. The van der Waals surface area contributed by atoms with Gasteiger partial charge < -0.3 is 14.4 Å². The minimum absolute atomic E-state index is 0.0516. The smallest absolute Gasteiger partial charge is 0.128 e. The first kappa shape index (κ1) is 11.0. The fraction of sp³-hybridized carbons (Fsp3) is 0.385. The van der Waals surface area contributed by atoms with Crippen molar-refractivity contribution in [3.05, 3.63) is 30.0 Å². The molecule has 86 valence electrons. The van der Waals surface area contributed by atoms with Crippen molar-refractivity contribution in [1.82, 2.24) is 4.57 Å². The highest BCUT2D eigenvalue weighted by Gasteiger charge is 2.13. The van der Waals surface area contributed by atoms with Gasteiger partial charge in [0.2, 0.25) is 0 Å². The van der Waals surface area contributed by atoms with Crippen LogP contribution in [0.15, 0.2) is 24.3 Å². The van der Waals surface area contributed by atoms with E-state index in [1.807, 2.05) is 18.2 Å². The summed E-state index contributed by atoms with van der Waals surface area (Å²) in [6, 6.07) is 8.28. The van der Waals surface area contributed by atoms with Crippen LogP contribution >= 0.6 is 0 Å². The molecule has 0 saturated carbocycles. The Hall–Kier alpha value is -1.48. The zero-order valence-electron chi connectivity index (χ0n) is 9.90. The van der Waals surface area contributed by atoms with Crippen LogP contribution in [0.25, 0.3) is 10.9 Å². The van der Waals surface area contributed by atoms with Crippen molar-refractivity contribution < 1.29 is 9.84 Å². The van der Waals surface area contributed by atoms with E-state index in [-0.39, 0.29) is 6.61 Å². The van der Waals surface area contributed by atoms with Gasteiger partial charge >= 0.3 is 0 Å². The van der Waals surface area contributed by atoms with E-state index >= 15 is 0 Å². The molecule has 1 aromatic heterocycles. The van der Waals surface area contributed by atoms with Gasteiger partial charge in [-0.05, 0) is 32.0 Å². The third-order valence-corrected chi connectivity index (χ3v) is 2.82. The predicted octanol–water partition coefficient (Wildman–Crippen LogP) is 2.72. The Morgan fingerprint density at radius 1 is 1.38 bits per heavy atom. The summed E-state index contributed by atoms with van der Waals surface area (Å²) >= 11 is 0. The topological polar surface area (TPSA) is 34.4 Å². The summed E-state index contributed by atoms with van der Waals surface area (Å²) in [6.07, 6.45) is 0. The fourth-order valence-corrected chi connectivity index (χ4v) is 2.19. The van der Waals surface area contributed by atoms with Crippen LogP contribution in [0.4, 0.5) is 0 Å². The van der Waals surface area contributed by atoms with Gasteiger partial charge in [-0.15, -0.1) is 0 Å². The first-order valence-corrected chi connectivity index (χ1v) is 5.46. The monoisotopic (exact) mass is 219 g/mol. The lowest BCUT2D eigenvalue weighted by Gasteiger charge is -2.13. The van der Waals surface area contributed by atoms with Crippen LogP contribution in [-0.4, -0.2) is 16.8 Å². The average molecular weight is 219 g/mol. The van der Waals surface area contributed by atoms with Crippen molar-refractivity contribution in [1.29, 1.82) is 0 Å². The van der Waals surface area contributed by atoms with Gasteiger partial charge in [0.25, 0.3) is 0 Å². The van der Waals surface area contributed by atoms with Crippen LogP contribution in [0.5, 0.6) is 5.75 Å². The molecule has 1 heterocycles. The van der Waals surface area contributed by atoms with Crippen LogP contribution in [-0.2, 0) is 6.61 Å². The van der Waals surface area contributed by atoms with Crippen molar-refractivity contribution in [2.24, 2.45) is 0 Å². The van der Waals surface area contributed by atoms with Crippen molar-refractivity contribution in [2.75, 3.05) is 7.11 Å². The molecule has 0 radical (unpaired) electrons. The van der Waals surface area contributed by atoms with Crippen molar-refractivity contribution in [3.8, 4) is 5.75 Å². The number of aliphatic hydroxyl groups is 1. The number of fused-ring (bicyclic) bond motifs is 1. The number of aromatic nitrogens is 1. The summed E-state index contributed by atoms with van der Waals surface area (Å²) in [5.41, 5.74) is 2.04. The van der Waals surface area contributed by atoms with Gasteiger partial charge in [0, 0.05) is 17.1 Å². The summed E-state index contributed by atoms with van der Waals surface area (Å²) < 4.78 is 7.46. The summed E-state index contributed by atoms with van der Waals surface area (Å²) in [6.45, 7) is 4.27. The van der Waals surface area contributed by atoms with Crippen LogP contribution in [0.1, 0.15) is 25.6 Å². The van der Waals surface area contributed by atoms with Gasteiger partial charge in [-0.1, -0.05) is 6.07 Å². The second-order valence-electron chi connectivity index (χ2n) is 4.15. The summed E-state index contributed by atoms with van der Waals surface area (Å²) in [5.74, 6) is 0.853. The third kappa shape index (κ3) is 1.57. The zero-order chi connectivity index (χ0) is 11.7. The molecular weight excluding hydrogens is 202 g/mol. The quantitative estimate of drug-likeness (QED) is 0.861. The number of hydrogen-bond donors (Lipinski definition) is 1. The molecule has 1 aromatic carbocycles. The molecule has 2 aromatic rings. The third-order valence-electron chi connectivity index (χ3n) is 2.82. The number of methoxy groups -OCH3 is 1. The lowest BCUT2D eigenvalue weighted by Crippen LogP contribution is -2.04. The van der Waals surface area contributed by atoms with E-state index in [2.05, 4.69) is 24.5 Å². The molecular formula is C13H17NO2. The molecule has 2 rings (SSSR count). The Kier molecular flexibility index (Phi) is 2.88. The van der Waals surface area contributed by atoms with E-state index in [0.29, 0.717) is 6.04 Å². The molecule has 3 heteroatoms. The standard InChI is InChI=1S/C13H17NO2/c1-9(2)14-10(8-15)7-11-12(14)5-4-6-13(11)16-3/h4-7,9,15H,8H2,1-3H3. The summed E-state index contributed by atoms with van der Waals surface area (Å²) in [7, 11) is 1.67. The largest absolute Gasteiger partial charge is 0.496 e. The van der Waals surface area contributed by atoms with E-state index in [0.717, 1.165) is 22.3 Å². The molecule has 0 fully saturated rings. The maximum Gasteiger partial charge on any atom is 0.128 e. The lowest BCUT2D eigenvalue weighted by molar-refractivity contribution is 0.269. The molecule has 0 unspecified atom stereocenters. The molecule has 0 saturated heterocycles. The Morgan fingerprint density at radius 3 is 2.69 bits per heavy atom. The maximum atomic E-state index is 9.37. The molecule has 0 spiro atoms. The molecule has 0 amide bonds. The van der Waals surface area contributed by atoms with E-state index in [4.69, 9.17) is 4.74 Å². The Labute approximate surface area is 95.3 Å². The molecule has 3 nitrogen and oxygen atoms in total. The van der Waals surface area contributed by atoms with E-state index < -0.39 is 0 Å². The van der Waals surface area contributed by atoms with Crippen LogP contribution in [0, 0.1) is 0 Å². The summed E-state index contributed by atoms with van der Waals surface area (Å²) in [4.78, 5) is 0. The highest BCUT2D eigenvalue weighted by atomic mass is 16.5. The van der Waals surface area contributed by atoms with Gasteiger partial charge in [-0.3, -0.25) is 0 Å². The normalized spacial score (nSPS) is 11.3. The number of nitrogens with zero attached hydrogens (tertiary/aromatic N) is 1. The first-order valence-electron chi connectivity index (χ1n) is 5.46. The predicted molar refractivity (Wildman–Crippen MR) is 64.8 cm³/mol. The Morgan fingerprint density at radius 2 is 2.12 bits per heavy atom. The van der Waals surface area contributed by atoms with Crippen LogP contribution in [0.2, 0.25) is 0 Å². The average Bonchev–Trinajstić information content (AvgIpc) is 2.66. The molecule has 1 N–H and O–H groups in total. The zero-order valence-corrected chi connectivity index (χ0v) is 9.90. The van der Waals surface area contributed by atoms with E-state index in [1.54, 1.807) is 7.11 Å². The van der Waals surface area contributed by atoms with Crippen molar-refractivity contribution >= 4 is 10.9 Å². The second-order valence-corrected chi connectivity index (χ2v) is 4.15. The number of ether oxygens (including phenoxy) is 1. The van der Waals surface area contributed by atoms with Gasteiger partial charge in [0.15, 0.2) is 0 Å². The first-order chi connectivity index (χ1) is 7.69. The van der Waals surface area contributed by atoms with Gasteiger partial charge in [-0.2, -0.15) is 0 Å². The van der Waals surface area contributed by atoms with Crippen molar-refractivity contribution in [2.45, 2.75) is 26.5 Å². The number of aliphatic hydroxyl groups excluding tert-OH is 1. The number of rotatable bonds is 3. The number of benzene rings is 1. The highest BCUT2D eigenvalue weighted by molar-refractivity contribution is 5.87. The molecule has 0 bridgehead atoms. The molecule has 0 aliphatic rings. The lowest BCUT2D eigenvalue weighted by atomic mass is 10.2. The van der Waals surface area contributed by atoms with Crippen LogP contribution < -0.4 is 4.74 Å². The van der Waals surface area contributed by atoms with Gasteiger partial charge in [0.1, 0.15) is 5.75 Å². The SMILES string of the molecule is COc1cccc2c1cc(CO)n2C(C)C. The van der Waals surface area contributed by atoms with E-state index in [9.17, 15) is 5.11 Å². The summed E-state index contributed by atoms with van der Waals surface area (Å²) in [5, 5.41) is 10.4.